The van der Waals surface area contributed by atoms with E-state index in [1.54, 1.807) is 0 Å². The normalized spacial score (nSPS) is 12.8. The Bertz CT molecular complexity index is 872. The van der Waals surface area contributed by atoms with Crippen LogP contribution in [0.15, 0.2) is 58.7 Å². The number of ether oxygens (including phenoxy) is 1. The molecule has 0 bridgehead atoms. The van der Waals surface area contributed by atoms with Gasteiger partial charge in [0.15, 0.2) is 17.2 Å². The van der Waals surface area contributed by atoms with Crippen LogP contribution in [-0.2, 0) is 4.74 Å². The van der Waals surface area contributed by atoms with Gasteiger partial charge in [-0.2, -0.15) is 0 Å². The summed E-state index contributed by atoms with van der Waals surface area (Å²) in [6.45, 7) is 12.4. The Balaban J connectivity index is 2.99. The van der Waals surface area contributed by atoms with E-state index in [0.717, 1.165) is 43.4 Å². The van der Waals surface area contributed by atoms with Crippen LogP contribution in [-0.4, -0.2) is 27.4 Å². The number of esters is 1. The van der Waals surface area contributed by atoms with Crippen LogP contribution in [0.3, 0.4) is 0 Å². The molecule has 0 heterocycles. The number of benzene rings is 1. The highest BCUT2D eigenvalue weighted by Crippen LogP contribution is 2.35. The first-order valence-corrected chi connectivity index (χ1v) is 11.0. The summed E-state index contributed by atoms with van der Waals surface area (Å²) in [7, 11) is 0. The van der Waals surface area contributed by atoms with Crippen LogP contribution in [0.2, 0.25) is 0 Å². The zero-order valence-corrected chi connectivity index (χ0v) is 20.2. The highest BCUT2D eigenvalue weighted by atomic mass is 16.5. The van der Waals surface area contributed by atoms with Crippen molar-refractivity contribution in [1.82, 2.24) is 0 Å². The van der Waals surface area contributed by atoms with Crippen LogP contribution >= 0.6 is 0 Å². The predicted molar refractivity (Wildman–Crippen MR) is 130 cm³/mol. The Kier molecular flexibility index (Phi) is 11.4. The van der Waals surface area contributed by atoms with E-state index < -0.39 is 29.3 Å². The van der Waals surface area contributed by atoms with Crippen molar-refractivity contribution in [2.45, 2.75) is 79.8 Å². The second-order valence-electron chi connectivity index (χ2n) is 8.75. The van der Waals surface area contributed by atoms with Gasteiger partial charge >= 0.3 is 5.97 Å². The van der Waals surface area contributed by atoms with Gasteiger partial charge in [-0.25, -0.2) is 4.79 Å². The molecule has 5 nitrogen and oxygen atoms in total. The number of hydrogen-bond acceptors (Lipinski definition) is 5. The molecule has 0 aliphatic heterocycles. The average Bonchev–Trinajstić information content (AvgIpc) is 2.69. The zero-order chi connectivity index (χ0) is 24.3. The van der Waals surface area contributed by atoms with Crippen molar-refractivity contribution in [2.75, 3.05) is 0 Å². The number of allylic oxidation sites excluding steroid dienone is 6. The van der Waals surface area contributed by atoms with Gasteiger partial charge in [0, 0.05) is 6.42 Å². The Morgan fingerprint density at radius 3 is 1.84 bits per heavy atom. The first-order valence-electron chi connectivity index (χ1n) is 11.0. The van der Waals surface area contributed by atoms with Crippen LogP contribution in [0.4, 0.5) is 0 Å². The molecule has 0 aliphatic rings. The fourth-order valence-electron chi connectivity index (χ4n) is 3.07. The molecule has 1 aromatic rings. The van der Waals surface area contributed by atoms with Crippen LogP contribution in [0, 0.1) is 0 Å². The van der Waals surface area contributed by atoms with Gasteiger partial charge in [0.05, 0.1) is 5.56 Å². The monoisotopic (exact) mass is 442 g/mol. The summed E-state index contributed by atoms with van der Waals surface area (Å²) in [5.41, 5.74) is 4.87. The molecule has 1 rings (SSSR count). The summed E-state index contributed by atoms with van der Waals surface area (Å²) in [5, 5.41) is 28.9. The van der Waals surface area contributed by atoms with Crippen LogP contribution < -0.4 is 0 Å². The number of phenols is 3. The molecule has 1 aromatic carbocycles. The van der Waals surface area contributed by atoms with Gasteiger partial charge in [-0.1, -0.05) is 40.5 Å². The summed E-state index contributed by atoms with van der Waals surface area (Å²) in [6, 6.07) is 2.17. The third-order valence-corrected chi connectivity index (χ3v) is 4.92. The predicted octanol–water partition coefficient (Wildman–Crippen LogP) is 7.10. The molecule has 0 fully saturated rings. The topological polar surface area (TPSA) is 87.0 Å². The lowest BCUT2D eigenvalue weighted by Crippen LogP contribution is -2.16. The SMILES string of the molecule is CC(C)=CCCC(C)=CCC(C=C(C)CCC=C(C)C)OC(=O)c1cc(O)c(O)c(O)c1. The highest BCUT2D eigenvalue weighted by molar-refractivity contribution is 5.91. The lowest BCUT2D eigenvalue weighted by molar-refractivity contribution is 0.0397. The number of phenolic OH excluding ortho intramolecular Hbond substituents is 3. The van der Waals surface area contributed by atoms with Crippen LogP contribution in [0.5, 0.6) is 17.2 Å². The molecule has 0 aromatic heterocycles. The molecule has 0 radical (unpaired) electrons. The minimum Gasteiger partial charge on any atom is -0.504 e. The van der Waals surface area contributed by atoms with Crippen LogP contribution in [0.1, 0.15) is 84.0 Å². The molecule has 0 saturated heterocycles. The molecule has 5 heteroatoms. The number of hydrogen-bond donors (Lipinski definition) is 3. The summed E-state index contributed by atoms with van der Waals surface area (Å²) in [6.07, 6.45) is 12.2. The standard InChI is InChI=1S/C27H38O5/c1-18(2)9-7-11-20(5)13-14-23(15-21(6)12-8-10-19(3)4)32-27(31)22-16-24(28)26(30)25(29)17-22/h9-10,13,15-17,23,28-30H,7-8,11-12,14H2,1-6H3. The van der Waals surface area contributed by atoms with Crippen molar-refractivity contribution in [3.05, 3.63) is 64.3 Å². The average molecular weight is 443 g/mol. The minimum atomic E-state index is -0.676. The van der Waals surface area contributed by atoms with E-state index in [1.165, 1.54) is 16.7 Å². The van der Waals surface area contributed by atoms with E-state index >= 15 is 0 Å². The van der Waals surface area contributed by atoms with Crippen molar-refractivity contribution < 1.29 is 24.9 Å². The van der Waals surface area contributed by atoms with Gasteiger partial charge in [-0.3, -0.25) is 0 Å². The van der Waals surface area contributed by atoms with Gasteiger partial charge in [0.1, 0.15) is 6.10 Å². The summed E-state index contributed by atoms with van der Waals surface area (Å²) in [4.78, 5) is 12.7. The lowest BCUT2D eigenvalue weighted by atomic mass is 10.0. The van der Waals surface area contributed by atoms with E-state index in [4.69, 9.17) is 4.74 Å². The Hall–Kier alpha value is -2.95. The van der Waals surface area contributed by atoms with Gasteiger partial charge in [0.2, 0.25) is 0 Å². The molecule has 1 unspecified atom stereocenters. The van der Waals surface area contributed by atoms with E-state index in [-0.39, 0.29) is 5.56 Å². The quantitative estimate of drug-likeness (QED) is 0.193. The van der Waals surface area contributed by atoms with Crippen molar-refractivity contribution in [1.29, 1.82) is 0 Å². The van der Waals surface area contributed by atoms with E-state index in [9.17, 15) is 20.1 Å². The van der Waals surface area contributed by atoms with E-state index in [0.29, 0.717) is 6.42 Å². The molecule has 0 saturated carbocycles. The molecular weight excluding hydrogens is 404 g/mol. The van der Waals surface area contributed by atoms with Crippen LogP contribution in [0.25, 0.3) is 0 Å². The van der Waals surface area contributed by atoms with Crippen molar-refractivity contribution in [3.8, 4) is 17.2 Å². The van der Waals surface area contributed by atoms with Crippen molar-refractivity contribution >= 4 is 5.97 Å². The molecule has 0 amide bonds. The molecular formula is C27H38O5. The highest BCUT2D eigenvalue weighted by Gasteiger charge is 2.18. The Labute approximate surface area is 192 Å². The molecule has 176 valence electrons. The molecule has 32 heavy (non-hydrogen) atoms. The third-order valence-electron chi connectivity index (χ3n) is 4.92. The largest absolute Gasteiger partial charge is 0.504 e. The second-order valence-corrected chi connectivity index (χ2v) is 8.75. The van der Waals surface area contributed by atoms with Gasteiger partial charge < -0.3 is 20.1 Å². The maximum absolute atomic E-state index is 12.7. The maximum Gasteiger partial charge on any atom is 0.339 e. The number of carbonyl (C=O) groups excluding carboxylic acids is 1. The first-order chi connectivity index (χ1) is 15.0. The Morgan fingerprint density at radius 2 is 1.34 bits per heavy atom. The smallest absolute Gasteiger partial charge is 0.339 e. The van der Waals surface area contributed by atoms with Gasteiger partial charge in [0.25, 0.3) is 0 Å². The molecule has 1 atom stereocenters. The fraction of sp³-hybridized carbons (Fsp3) is 0.444. The van der Waals surface area contributed by atoms with Gasteiger partial charge in [-0.05, 0) is 85.4 Å². The minimum absolute atomic E-state index is 0.0253. The summed E-state index contributed by atoms with van der Waals surface area (Å²) >= 11 is 0. The maximum atomic E-state index is 12.7. The second kappa shape index (κ2) is 13.5. The number of carbonyl (C=O) groups is 1. The van der Waals surface area contributed by atoms with Crippen molar-refractivity contribution in [3.63, 3.8) is 0 Å². The lowest BCUT2D eigenvalue weighted by Gasteiger charge is -2.15. The van der Waals surface area contributed by atoms with E-state index in [2.05, 4.69) is 52.8 Å². The Morgan fingerprint density at radius 1 is 0.844 bits per heavy atom. The molecule has 0 aliphatic carbocycles. The summed E-state index contributed by atoms with van der Waals surface area (Å²) < 4.78 is 5.69. The molecule has 3 N–H and O–H groups in total. The fourth-order valence-corrected chi connectivity index (χ4v) is 3.07. The third kappa shape index (κ3) is 10.4. The van der Waals surface area contributed by atoms with Crippen molar-refractivity contribution in [2.24, 2.45) is 0 Å². The zero-order valence-electron chi connectivity index (χ0n) is 20.2. The first kappa shape index (κ1) is 27.1. The molecule has 0 spiro atoms. The number of aromatic hydroxyl groups is 3. The summed E-state index contributed by atoms with van der Waals surface area (Å²) in [5.74, 6) is -2.48. The van der Waals surface area contributed by atoms with E-state index in [1.807, 2.05) is 13.0 Å². The number of rotatable bonds is 11. The van der Waals surface area contributed by atoms with Gasteiger partial charge in [-0.15, -0.1) is 0 Å².